The van der Waals surface area contributed by atoms with Crippen LogP contribution in [-0.4, -0.2) is 60.2 Å². The highest BCUT2D eigenvalue weighted by Crippen LogP contribution is 2.42. The summed E-state index contributed by atoms with van der Waals surface area (Å²) < 4.78 is 10.8. The van der Waals surface area contributed by atoms with Gasteiger partial charge in [-0.1, -0.05) is 24.3 Å². The summed E-state index contributed by atoms with van der Waals surface area (Å²) in [5.74, 6) is 0.692. The lowest BCUT2D eigenvalue weighted by atomic mass is 9.83. The van der Waals surface area contributed by atoms with E-state index < -0.39 is 5.54 Å². The number of benzene rings is 2. The second-order valence-electron chi connectivity index (χ2n) is 8.08. The first-order valence-corrected chi connectivity index (χ1v) is 10.5. The first kappa shape index (κ1) is 20.1. The monoisotopic (exact) mass is 432 g/mol. The summed E-state index contributed by atoms with van der Waals surface area (Å²) in [6.07, 6.45) is 2.23. The quantitative estimate of drug-likeness (QED) is 0.642. The number of rotatable bonds is 4. The SMILES string of the molecule is COc1cccc(/C=N\N2CC(=O)N3CCc4c([nH]c5ccccc45)[C@]3(C)C2=O)c1OC. The second kappa shape index (κ2) is 7.40. The first-order chi connectivity index (χ1) is 15.5. The van der Waals surface area contributed by atoms with Crippen molar-refractivity contribution in [3.63, 3.8) is 0 Å². The van der Waals surface area contributed by atoms with Crippen LogP contribution in [0.25, 0.3) is 10.9 Å². The minimum absolute atomic E-state index is 0.104. The van der Waals surface area contributed by atoms with E-state index in [4.69, 9.17) is 9.47 Å². The molecular weight excluding hydrogens is 408 g/mol. The molecule has 2 aliphatic rings. The zero-order chi connectivity index (χ0) is 22.5. The van der Waals surface area contributed by atoms with E-state index in [-0.39, 0.29) is 18.4 Å². The van der Waals surface area contributed by atoms with Crippen molar-refractivity contribution in [2.75, 3.05) is 27.3 Å². The van der Waals surface area contributed by atoms with Crippen LogP contribution >= 0.6 is 0 Å². The van der Waals surface area contributed by atoms with E-state index in [2.05, 4.69) is 10.1 Å². The van der Waals surface area contributed by atoms with Crippen molar-refractivity contribution in [2.45, 2.75) is 18.9 Å². The molecule has 32 heavy (non-hydrogen) atoms. The zero-order valence-electron chi connectivity index (χ0n) is 18.2. The molecule has 3 aromatic rings. The van der Waals surface area contributed by atoms with Crippen LogP contribution < -0.4 is 9.47 Å². The smallest absolute Gasteiger partial charge is 0.275 e. The van der Waals surface area contributed by atoms with Gasteiger partial charge in [-0.25, -0.2) is 5.01 Å². The number of carbonyl (C=O) groups excluding carboxylic acids is 2. The number of para-hydroxylation sites is 2. The molecule has 5 rings (SSSR count). The van der Waals surface area contributed by atoms with E-state index in [0.29, 0.717) is 30.0 Å². The fraction of sp³-hybridized carbons (Fsp3) is 0.292. The molecule has 0 radical (unpaired) electrons. The number of nitrogens with zero attached hydrogens (tertiary/aromatic N) is 3. The molecule has 8 heteroatoms. The average Bonchev–Trinajstić information content (AvgIpc) is 3.20. The number of hydrogen-bond acceptors (Lipinski definition) is 5. The van der Waals surface area contributed by atoms with Gasteiger partial charge in [-0.3, -0.25) is 9.59 Å². The maximum Gasteiger partial charge on any atom is 0.275 e. The summed E-state index contributed by atoms with van der Waals surface area (Å²) in [6, 6.07) is 13.4. The third kappa shape index (κ3) is 2.79. The molecule has 0 bridgehead atoms. The third-order valence-corrected chi connectivity index (χ3v) is 6.43. The predicted octanol–water partition coefficient (Wildman–Crippen LogP) is 2.66. The Morgan fingerprint density at radius 1 is 1.09 bits per heavy atom. The summed E-state index contributed by atoms with van der Waals surface area (Å²) in [5, 5.41) is 6.73. The van der Waals surface area contributed by atoms with Gasteiger partial charge in [0.1, 0.15) is 6.54 Å². The zero-order valence-corrected chi connectivity index (χ0v) is 18.2. The molecule has 0 saturated carbocycles. The highest BCUT2D eigenvalue weighted by atomic mass is 16.5. The Morgan fingerprint density at radius 2 is 1.91 bits per heavy atom. The minimum atomic E-state index is -1.14. The minimum Gasteiger partial charge on any atom is -0.493 e. The average molecular weight is 432 g/mol. The lowest BCUT2D eigenvalue weighted by molar-refractivity contribution is -0.165. The van der Waals surface area contributed by atoms with E-state index in [1.54, 1.807) is 32.1 Å². The van der Waals surface area contributed by atoms with Gasteiger partial charge in [0.25, 0.3) is 5.91 Å². The van der Waals surface area contributed by atoms with Crippen LogP contribution in [0.5, 0.6) is 11.5 Å². The van der Waals surface area contributed by atoms with Gasteiger partial charge in [-0.15, -0.1) is 0 Å². The van der Waals surface area contributed by atoms with Crippen molar-refractivity contribution in [3.8, 4) is 11.5 Å². The third-order valence-electron chi connectivity index (χ3n) is 6.43. The Balaban J connectivity index is 1.55. The molecular formula is C24H24N4O4. The van der Waals surface area contributed by atoms with Gasteiger partial charge in [0.2, 0.25) is 5.91 Å². The number of hydrogen-bond donors (Lipinski definition) is 1. The fourth-order valence-electron chi connectivity index (χ4n) is 4.83. The Morgan fingerprint density at radius 3 is 2.69 bits per heavy atom. The molecule has 164 valence electrons. The van der Waals surface area contributed by atoms with Crippen LogP contribution in [0.3, 0.4) is 0 Å². The molecule has 0 spiro atoms. The number of amides is 2. The van der Waals surface area contributed by atoms with Gasteiger partial charge in [0.05, 0.1) is 26.1 Å². The normalized spacial score (nSPS) is 20.6. The van der Waals surface area contributed by atoms with Gasteiger partial charge in [0.15, 0.2) is 17.0 Å². The van der Waals surface area contributed by atoms with Crippen molar-refractivity contribution in [2.24, 2.45) is 5.10 Å². The van der Waals surface area contributed by atoms with E-state index >= 15 is 0 Å². The number of ether oxygens (including phenoxy) is 2. The van der Waals surface area contributed by atoms with E-state index in [1.807, 2.05) is 36.4 Å². The molecule has 1 aromatic heterocycles. The second-order valence-corrected chi connectivity index (χ2v) is 8.08. The van der Waals surface area contributed by atoms with Crippen molar-refractivity contribution in [1.29, 1.82) is 0 Å². The molecule has 2 amide bonds. The van der Waals surface area contributed by atoms with Crippen LogP contribution in [0.2, 0.25) is 0 Å². The Bertz CT molecular complexity index is 1260. The van der Waals surface area contributed by atoms with Crippen LogP contribution in [0.15, 0.2) is 47.6 Å². The van der Waals surface area contributed by atoms with Gasteiger partial charge in [-0.05, 0) is 37.1 Å². The molecule has 2 aliphatic heterocycles. The molecule has 0 aliphatic carbocycles. The summed E-state index contributed by atoms with van der Waals surface area (Å²) in [6.45, 7) is 2.19. The number of fused-ring (bicyclic) bond motifs is 5. The van der Waals surface area contributed by atoms with Crippen molar-refractivity contribution < 1.29 is 19.1 Å². The molecule has 1 saturated heterocycles. The standard InChI is InChI=1S/C24H24N4O4/c1-24-22-17(16-8-4-5-9-18(16)26-22)11-12-27(24)20(29)14-28(23(24)30)25-13-15-7-6-10-19(31-2)21(15)32-3/h4-10,13,26H,11-12,14H2,1-3H3/b25-13-/t24-/m1/s1. The van der Waals surface area contributed by atoms with Crippen molar-refractivity contribution in [1.82, 2.24) is 14.9 Å². The summed E-state index contributed by atoms with van der Waals surface area (Å²) in [7, 11) is 3.10. The van der Waals surface area contributed by atoms with Gasteiger partial charge in [0, 0.05) is 23.0 Å². The first-order valence-electron chi connectivity index (χ1n) is 10.5. The Kier molecular flexibility index (Phi) is 4.65. The van der Waals surface area contributed by atoms with Crippen molar-refractivity contribution >= 4 is 28.9 Å². The highest BCUT2D eigenvalue weighted by Gasteiger charge is 2.54. The lowest BCUT2D eigenvalue weighted by Crippen LogP contribution is -2.65. The number of aromatic nitrogens is 1. The molecule has 2 aromatic carbocycles. The van der Waals surface area contributed by atoms with Crippen LogP contribution in [0.4, 0.5) is 0 Å². The number of H-pyrrole nitrogens is 1. The molecule has 8 nitrogen and oxygen atoms in total. The predicted molar refractivity (Wildman–Crippen MR) is 120 cm³/mol. The number of methoxy groups -OCH3 is 2. The number of hydrazone groups is 1. The molecule has 0 unspecified atom stereocenters. The molecule has 1 N–H and O–H groups in total. The highest BCUT2D eigenvalue weighted by molar-refractivity contribution is 6.01. The van der Waals surface area contributed by atoms with E-state index in [0.717, 1.165) is 22.2 Å². The number of aromatic amines is 1. The molecule has 1 fully saturated rings. The summed E-state index contributed by atoms with van der Waals surface area (Å²) in [5.41, 5.74) is 2.32. The summed E-state index contributed by atoms with van der Waals surface area (Å²) in [4.78, 5) is 31.8. The number of nitrogens with one attached hydrogen (secondary N) is 1. The Labute approximate surface area is 185 Å². The Hall–Kier alpha value is -3.81. The van der Waals surface area contributed by atoms with Crippen LogP contribution in [-0.2, 0) is 21.5 Å². The molecule has 1 atom stereocenters. The van der Waals surface area contributed by atoms with Crippen molar-refractivity contribution in [3.05, 3.63) is 59.3 Å². The van der Waals surface area contributed by atoms with E-state index in [9.17, 15) is 9.59 Å². The maximum absolute atomic E-state index is 13.7. The van der Waals surface area contributed by atoms with E-state index in [1.165, 1.54) is 11.2 Å². The topological polar surface area (TPSA) is 87.2 Å². The fourth-order valence-corrected chi connectivity index (χ4v) is 4.83. The molecule has 3 heterocycles. The van der Waals surface area contributed by atoms with Crippen LogP contribution in [0.1, 0.15) is 23.7 Å². The van der Waals surface area contributed by atoms with Crippen LogP contribution in [0, 0.1) is 0 Å². The number of piperazine rings is 1. The maximum atomic E-state index is 13.7. The lowest BCUT2D eigenvalue weighted by Gasteiger charge is -2.48. The summed E-state index contributed by atoms with van der Waals surface area (Å²) >= 11 is 0. The largest absolute Gasteiger partial charge is 0.493 e. The van der Waals surface area contributed by atoms with Gasteiger partial charge < -0.3 is 19.4 Å². The van der Waals surface area contributed by atoms with Gasteiger partial charge >= 0.3 is 0 Å². The number of carbonyl (C=O) groups is 2. The van der Waals surface area contributed by atoms with Gasteiger partial charge in [-0.2, -0.15) is 5.10 Å².